The van der Waals surface area contributed by atoms with E-state index in [0.717, 1.165) is 5.56 Å². The van der Waals surface area contributed by atoms with E-state index in [1.54, 1.807) is 0 Å². The van der Waals surface area contributed by atoms with Crippen molar-refractivity contribution >= 4 is 0 Å². The zero-order chi connectivity index (χ0) is 8.81. The third-order valence-corrected chi connectivity index (χ3v) is 1.63. The molecular weight excluding hydrogens is 154 g/mol. The average Bonchev–Trinajstić information content (AvgIpc) is 2.15. The van der Waals surface area contributed by atoms with Gasteiger partial charge in [-0.2, -0.15) is 0 Å². The van der Waals surface area contributed by atoms with E-state index in [0.29, 0.717) is 6.54 Å². The van der Waals surface area contributed by atoms with Crippen LogP contribution in [-0.4, -0.2) is 23.5 Å². The molecule has 1 aromatic carbocycles. The number of hydrogen-bond donors (Lipinski definition) is 3. The molecule has 0 saturated heterocycles. The van der Waals surface area contributed by atoms with E-state index in [2.05, 4.69) is 5.32 Å². The predicted octanol–water partition coefficient (Wildman–Crippen LogP) is 0.259. The second-order valence-electron chi connectivity index (χ2n) is 2.54. The fraction of sp³-hybridized carbons (Fsp3) is 0.333. The summed E-state index contributed by atoms with van der Waals surface area (Å²) >= 11 is 0. The lowest BCUT2D eigenvalue weighted by molar-refractivity contribution is 0.155. The molecule has 0 aliphatic rings. The quantitative estimate of drug-likeness (QED) is 0.564. The number of benzene rings is 1. The first kappa shape index (κ1) is 9.19. The molecule has 0 saturated carbocycles. The number of aliphatic hydroxyl groups is 2. The molecule has 3 N–H and O–H groups in total. The highest BCUT2D eigenvalue weighted by atomic mass is 16.3. The number of aliphatic hydroxyl groups excluding tert-OH is 2. The second kappa shape index (κ2) is 4.87. The first-order valence-electron chi connectivity index (χ1n) is 3.89. The van der Waals surface area contributed by atoms with Crippen LogP contribution in [0.15, 0.2) is 30.3 Å². The highest BCUT2D eigenvalue weighted by molar-refractivity contribution is 5.17. The van der Waals surface area contributed by atoms with Crippen LogP contribution in [0.1, 0.15) is 11.7 Å². The Hall–Kier alpha value is -0.900. The topological polar surface area (TPSA) is 52.5 Å². The van der Waals surface area contributed by atoms with Gasteiger partial charge < -0.3 is 10.2 Å². The van der Waals surface area contributed by atoms with Crippen molar-refractivity contribution in [2.75, 3.05) is 13.3 Å². The second-order valence-corrected chi connectivity index (χ2v) is 2.54. The van der Waals surface area contributed by atoms with Crippen molar-refractivity contribution in [2.24, 2.45) is 0 Å². The van der Waals surface area contributed by atoms with Crippen LogP contribution < -0.4 is 5.32 Å². The van der Waals surface area contributed by atoms with Gasteiger partial charge in [0, 0.05) is 6.54 Å². The lowest BCUT2D eigenvalue weighted by Gasteiger charge is -2.09. The smallest absolute Gasteiger partial charge is 0.0932 e. The van der Waals surface area contributed by atoms with Crippen LogP contribution in [-0.2, 0) is 0 Å². The summed E-state index contributed by atoms with van der Waals surface area (Å²) in [7, 11) is 0. The molecule has 3 nitrogen and oxygen atoms in total. The third kappa shape index (κ3) is 2.62. The summed E-state index contributed by atoms with van der Waals surface area (Å²) in [5.41, 5.74) is 0.860. The van der Waals surface area contributed by atoms with Crippen LogP contribution in [0, 0.1) is 0 Å². The molecule has 1 atom stereocenters. The molecule has 1 rings (SSSR count). The molecule has 3 heteroatoms. The average molecular weight is 167 g/mol. The summed E-state index contributed by atoms with van der Waals surface area (Å²) in [5.74, 6) is 0. The van der Waals surface area contributed by atoms with Crippen molar-refractivity contribution in [1.29, 1.82) is 0 Å². The highest BCUT2D eigenvalue weighted by Crippen LogP contribution is 2.09. The molecule has 0 aliphatic carbocycles. The molecule has 0 aliphatic heterocycles. The molecule has 0 bridgehead atoms. The van der Waals surface area contributed by atoms with Gasteiger partial charge in [-0.3, -0.25) is 5.32 Å². The minimum atomic E-state index is -0.543. The summed E-state index contributed by atoms with van der Waals surface area (Å²) in [5, 5.41) is 20.6. The maximum Gasteiger partial charge on any atom is 0.0932 e. The van der Waals surface area contributed by atoms with Gasteiger partial charge in [0.1, 0.15) is 0 Å². The lowest BCUT2D eigenvalue weighted by Crippen LogP contribution is -2.22. The Labute approximate surface area is 71.7 Å². The predicted molar refractivity (Wildman–Crippen MR) is 46.5 cm³/mol. The molecule has 0 radical (unpaired) electrons. The van der Waals surface area contributed by atoms with Crippen LogP contribution in [0.2, 0.25) is 0 Å². The van der Waals surface area contributed by atoms with Gasteiger partial charge in [-0.15, -0.1) is 0 Å². The Morgan fingerprint density at radius 2 is 1.92 bits per heavy atom. The SMILES string of the molecule is OCNCC(O)c1ccccc1. The van der Waals surface area contributed by atoms with E-state index in [1.807, 2.05) is 30.3 Å². The summed E-state index contributed by atoms with van der Waals surface area (Å²) < 4.78 is 0. The maximum atomic E-state index is 9.48. The van der Waals surface area contributed by atoms with Crippen LogP contribution in [0.3, 0.4) is 0 Å². The molecule has 0 fully saturated rings. The summed E-state index contributed by atoms with van der Waals surface area (Å²) in [4.78, 5) is 0. The van der Waals surface area contributed by atoms with E-state index >= 15 is 0 Å². The van der Waals surface area contributed by atoms with Gasteiger partial charge in [0.05, 0.1) is 12.8 Å². The zero-order valence-corrected chi connectivity index (χ0v) is 6.77. The van der Waals surface area contributed by atoms with E-state index in [9.17, 15) is 5.11 Å². The Balaban J connectivity index is 2.48. The molecular formula is C9H13NO2. The molecule has 12 heavy (non-hydrogen) atoms. The first-order chi connectivity index (χ1) is 5.84. The standard InChI is InChI=1S/C9H13NO2/c11-7-10-6-9(12)8-4-2-1-3-5-8/h1-5,9-12H,6-7H2. The summed E-state index contributed by atoms with van der Waals surface area (Å²) in [6.45, 7) is 0.268. The number of nitrogens with one attached hydrogen (secondary N) is 1. The van der Waals surface area contributed by atoms with Crippen molar-refractivity contribution < 1.29 is 10.2 Å². The molecule has 1 unspecified atom stereocenters. The van der Waals surface area contributed by atoms with Crippen LogP contribution in [0.5, 0.6) is 0 Å². The number of hydrogen-bond acceptors (Lipinski definition) is 3. The molecule has 0 spiro atoms. The fourth-order valence-electron chi connectivity index (χ4n) is 0.994. The van der Waals surface area contributed by atoms with Gasteiger partial charge >= 0.3 is 0 Å². The normalized spacial score (nSPS) is 12.8. The summed E-state index contributed by atoms with van der Waals surface area (Å²) in [6.07, 6.45) is -0.543. The largest absolute Gasteiger partial charge is 0.387 e. The molecule has 66 valence electrons. The molecule has 0 aromatic heterocycles. The van der Waals surface area contributed by atoms with Gasteiger partial charge in [0.2, 0.25) is 0 Å². The van der Waals surface area contributed by atoms with E-state index in [-0.39, 0.29) is 6.73 Å². The van der Waals surface area contributed by atoms with Crippen molar-refractivity contribution in [1.82, 2.24) is 5.32 Å². The Kier molecular flexibility index (Phi) is 3.73. The van der Waals surface area contributed by atoms with Gasteiger partial charge in [-0.25, -0.2) is 0 Å². The van der Waals surface area contributed by atoms with E-state index < -0.39 is 6.10 Å². The molecule has 0 heterocycles. The van der Waals surface area contributed by atoms with E-state index in [4.69, 9.17) is 5.11 Å². The summed E-state index contributed by atoms with van der Waals surface area (Å²) in [6, 6.07) is 9.35. The Morgan fingerprint density at radius 3 is 2.50 bits per heavy atom. The maximum absolute atomic E-state index is 9.48. The third-order valence-electron chi connectivity index (χ3n) is 1.63. The van der Waals surface area contributed by atoms with Crippen molar-refractivity contribution in [3.8, 4) is 0 Å². The van der Waals surface area contributed by atoms with Crippen molar-refractivity contribution in [2.45, 2.75) is 6.10 Å². The van der Waals surface area contributed by atoms with Crippen LogP contribution in [0.4, 0.5) is 0 Å². The minimum Gasteiger partial charge on any atom is -0.387 e. The lowest BCUT2D eigenvalue weighted by atomic mass is 10.1. The Morgan fingerprint density at radius 1 is 1.25 bits per heavy atom. The van der Waals surface area contributed by atoms with Gasteiger partial charge in [-0.05, 0) is 5.56 Å². The van der Waals surface area contributed by atoms with Crippen LogP contribution >= 0.6 is 0 Å². The zero-order valence-electron chi connectivity index (χ0n) is 6.77. The highest BCUT2D eigenvalue weighted by Gasteiger charge is 2.04. The van der Waals surface area contributed by atoms with E-state index in [1.165, 1.54) is 0 Å². The fourth-order valence-corrected chi connectivity index (χ4v) is 0.994. The monoisotopic (exact) mass is 167 g/mol. The minimum absolute atomic E-state index is 0.107. The molecule has 1 aromatic rings. The van der Waals surface area contributed by atoms with Gasteiger partial charge in [0.25, 0.3) is 0 Å². The van der Waals surface area contributed by atoms with Crippen molar-refractivity contribution in [3.63, 3.8) is 0 Å². The van der Waals surface area contributed by atoms with Gasteiger partial charge in [0.15, 0.2) is 0 Å². The Bertz CT molecular complexity index is 213. The molecule has 0 amide bonds. The van der Waals surface area contributed by atoms with Crippen molar-refractivity contribution in [3.05, 3.63) is 35.9 Å². The first-order valence-corrected chi connectivity index (χ1v) is 3.89. The number of rotatable bonds is 4. The van der Waals surface area contributed by atoms with Gasteiger partial charge in [-0.1, -0.05) is 30.3 Å². The van der Waals surface area contributed by atoms with Crippen LogP contribution in [0.25, 0.3) is 0 Å².